The third kappa shape index (κ3) is 10.2. The smallest absolute Gasteiger partial charge is 0.117 e. The van der Waals surface area contributed by atoms with Crippen molar-refractivity contribution < 1.29 is 23.7 Å². The van der Waals surface area contributed by atoms with E-state index in [0.717, 1.165) is 51.4 Å². The van der Waals surface area contributed by atoms with Crippen molar-refractivity contribution in [2.24, 2.45) is 0 Å². The molecule has 5 nitrogen and oxygen atoms in total. The van der Waals surface area contributed by atoms with Gasteiger partial charge in [0, 0.05) is 16.0 Å². The van der Waals surface area contributed by atoms with Crippen molar-refractivity contribution in [1.29, 1.82) is 0 Å². The van der Waals surface area contributed by atoms with Crippen molar-refractivity contribution in [3.8, 4) is 0 Å². The van der Waals surface area contributed by atoms with Crippen LogP contribution in [0.15, 0.2) is 182 Å². The van der Waals surface area contributed by atoms with E-state index in [1.807, 2.05) is 59.9 Å². The van der Waals surface area contributed by atoms with Crippen molar-refractivity contribution >= 4 is 32.2 Å². The summed E-state index contributed by atoms with van der Waals surface area (Å²) in [6, 6.07) is 63.8. The summed E-state index contributed by atoms with van der Waals surface area (Å²) >= 11 is 1.87. The zero-order valence-electron chi connectivity index (χ0n) is 34.6. The molecule has 1 saturated heterocycles. The van der Waals surface area contributed by atoms with Gasteiger partial charge in [-0.25, -0.2) is 0 Å². The molecule has 5 atom stereocenters. The Balaban J connectivity index is 1.13. The molecule has 2 heterocycles. The molecule has 1 unspecified atom stereocenters. The number of fused-ring (bicyclic) bond motifs is 2. The highest BCUT2D eigenvalue weighted by atomic mass is 32.1. The highest BCUT2D eigenvalue weighted by molar-refractivity contribution is 7.19. The zero-order valence-corrected chi connectivity index (χ0v) is 35.4. The van der Waals surface area contributed by atoms with Gasteiger partial charge in [0.15, 0.2) is 0 Å². The minimum absolute atomic E-state index is 0.306. The van der Waals surface area contributed by atoms with Crippen molar-refractivity contribution in [1.82, 2.24) is 0 Å². The monoisotopic (exact) mass is 824 g/mol. The number of rotatable bonds is 17. The molecule has 61 heavy (non-hydrogen) atoms. The normalized spacial score (nSPS) is 19.1. The number of aryl methyl sites for hydroxylation is 1. The molecular formula is C55H52O5S. The topological polar surface area (TPSA) is 46.2 Å². The molecule has 8 aromatic rings. The predicted molar refractivity (Wildman–Crippen MR) is 247 cm³/mol. The Morgan fingerprint density at radius 2 is 1.02 bits per heavy atom. The van der Waals surface area contributed by atoms with Gasteiger partial charge in [-0.1, -0.05) is 177 Å². The van der Waals surface area contributed by atoms with Crippen molar-refractivity contribution in [3.63, 3.8) is 0 Å². The van der Waals surface area contributed by atoms with Gasteiger partial charge in [-0.05, 0) is 73.7 Å². The average molecular weight is 825 g/mol. The summed E-state index contributed by atoms with van der Waals surface area (Å²) in [5, 5.41) is 3.60. The van der Waals surface area contributed by atoms with Crippen LogP contribution in [-0.4, -0.2) is 31.0 Å². The molecule has 6 heteroatoms. The minimum Gasteiger partial charge on any atom is -0.374 e. The Morgan fingerprint density at radius 1 is 0.475 bits per heavy atom. The second kappa shape index (κ2) is 20.0. The molecule has 1 aromatic heterocycles. The molecule has 0 radical (unpaired) electrons. The lowest BCUT2D eigenvalue weighted by molar-refractivity contribution is -0.274. The summed E-state index contributed by atoms with van der Waals surface area (Å²) in [4.78, 5) is 1.33. The fraction of sp³-hybridized carbons (Fsp3) is 0.236. The van der Waals surface area contributed by atoms with Crippen LogP contribution in [0.3, 0.4) is 0 Å². The molecule has 0 spiro atoms. The summed E-state index contributed by atoms with van der Waals surface area (Å²) in [5.74, 6) is 0. The van der Waals surface area contributed by atoms with Crippen LogP contribution in [0.25, 0.3) is 20.9 Å². The molecule has 0 saturated carbocycles. The van der Waals surface area contributed by atoms with E-state index in [2.05, 4.69) is 140 Å². The van der Waals surface area contributed by atoms with Crippen molar-refractivity contribution in [3.05, 3.63) is 226 Å². The molecule has 1 fully saturated rings. The molecule has 308 valence electrons. The maximum Gasteiger partial charge on any atom is 0.117 e. The van der Waals surface area contributed by atoms with Gasteiger partial charge in [0.05, 0.1) is 33.0 Å². The van der Waals surface area contributed by atoms with E-state index in [0.29, 0.717) is 33.0 Å². The quantitative estimate of drug-likeness (QED) is 0.0915. The number of hydrogen-bond acceptors (Lipinski definition) is 6. The van der Waals surface area contributed by atoms with E-state index < -0.39 is 30.5 Å². The molecular weight excluding hydrogens is 773 g/mol. The van der Waals surface area contributed by atoms with Crippen LogP contribution >= 0.6 is 11.3 Å². The molecule has 1 aliphatic heterocycles. The minimum atomic E-state index is -0.537. The number of ether oxygens (including phenoxy) is 5. The van der Waals surface area contributed by atoms with Gasteiger partial charge in [0.2, 0.25) is 0 Å². The largest absolute Gasteiger partial charge is 0.374 e. The van der Waals surface area contributed by atoms with Crippen LogP contribution in [0.2, 0.25) is 0 Å². The zero-order chi connectivity index (χ0) is 41.2. The van der Waals surface area contributed by atoms with Gasteiger partial charge < -0.3 is 23.7 Å². The van der Waals surface area contributed by atoms with Gasteiger partial charge >= 0.3 is 0 Å². The summed E-state index contributed by atoms with van der Waals surface area (Å²) in [6.07, 6.45) is -0.728. The van der Waals surface area contributed by atoms with Crippen LogP contribution in [0, 0.1) is 0 Å². The molecule has 0 bridgehead atoms. The first-order valence-electron chi connectivity index (χ1n) is 21.4. The first-order chi connectivity index (χ1) is 30.2. The average Bonchev–Trinajstić information content (AvgIpc) is 3.72. The first kappa shape index (κ1) is 40.9. The Hall–Kier alpha value is -5.44. The van der Waals surface area contributed by atoms with Crippen LogP contribution in [0.5, 0.6) is 0 Å². The van der Waals surface area contributed by atoms with Crippen molar-refractivity contribution in [2.45, 2.75) is 76.7 Å². The highest BCUT2D eigenvalue weighted by Crippen LogP contribution is 2.42. The van der Waals surface area contributed by atoms with E-state index >= 15 is 0 Å². The Bertz CT molecular complexity index is 2590. The van der Waals surface area contributed by atoms with E-state index in [-0.39, 0.29) is 0 Å². The molecule has 1 aliphatic rings. The molecule has 0 N–H and O–H groups in total. The summed E-state index contributed by atoms with van der Waals surface area (Å²) < 4.78 is 36.5. The summed E-state index contributed by atoms with van der Waals surface area (Å²) in [7, 11) is 0. The number of thiophene rings is 1. The lowest BCUT2D eigenvalue weighted by atomic mass is 9.87. The second-order valence-electron chi connectivity index (χ2n) is 15.9. The van der Waals surface area contributed by atoms with Gasteiger partial charge in [0.25, 0.3) is 0 Å². The van der Waals surface area contributed by atoms with E-state index in [9.17, 15) is 0 Å². The fourth-order valence-corrected chi connectivity index (χ4v) is 9.52. The van der Waals surface area contributed by atoms with Gasteiger partial charge in [-0.15, -0.1) is 11.3 Å². The standard InChI is InChI=1S/C55H52O5S/c1-2-39-27-28-51-46(29-39)33-47(61-51)31-44-30-45-25-15-16-26-48(45)49(32-44)52-54(58-36-42-21-11-5-12-22-42)55(59-37-43-23-13-6-14-24-43)53(57-35-41-19-9-4-10-20-41)50(60-52)38-56-34-40-17-7-3-8-18-40/h3-30,32-33,50,52-55H,2,31,34-38H2,1H3/t50?,52-,53-,54+,55+/m1/s1. The van der Waals surface area contributed by atoms with E-state index in [4.69, 9.17) is 23.7 Å². The van der Waals surface area contributed by atoms with Gasteiger partial charge in [-0.3, -0.25) is 0 Å². The lowest BCUT2D eigenvalue weighted by Crippen LogP contribution is -2.58. The van der Waals surface area contributed by atoms with Crippen LogP contribution in [-0.2, 0) is 63.0 Å². The Labute approximate surface area is 363 Å². The SMILES string of the molecule is CCc1ccc2sc(Cc3cc([C@H]4OC(COCc5ccccc5)[C@@H](OCc5ccccc5)[C@H](OCc5ccccc5)[C@H]4OCc4ccccc4)c4ccccc4c3)cc2c1. The number of benzene rings is 7. The Morgan fingerprint density at radius 3 is 1.64 bits per heavy atom. The van der Waals surface area contributed by atoms with Crippen LogP contribution in [0.1, 0.15) is 56.8 Å². The third-order valence-corrected chi connectivity index (χ3v) is 12.7. The summed E-state index contributed by atoms with van der Waals surface area (Å²) in [6.45, 7) is 4.13. The van der Waals surface area contributed by atoms with Gasteiger partial charge in [-0.2, -0.15) is 0 Å². The predicted octanol–water partition coefficient (Wildman–Crippen LogP) is 12.6. The molecule has 0 aliphatic carbocycles. The Kier molecular flexibility index (Phi) is 13.4. The highest BCUT2D eigenvalue weighted by Gasteiger charge is 2.49. The van der Waals surface area contributed by atoms with Crippen LogP contribution in [0.4, 0.5) is 0 Å². The maximum absolute atomic E-state index is 7.43. The van der Waals surface area contributed by atoms with E-state index in [1.165, 1.54) is 26.1 Å². The van der Waals surface area contributed by atoms with Gasteiger partial charge in [0.1, 0.15) is 30.5 Å². The summed E-state index contributed by atoms with van der Waals surface area (Å²) in [5.41, 5.74) is 7.98. The molecule has 7 aromatic carbocycles. The molecule has 9 rings (SSSR count). The molecule has 0 amide bonds. The third-order valence-electron chi connectivity index (χ3n) is 11.6. The van der Waals surface area contributed by atoms with Crippen LogP contribution < -0.4 is 0 Å². The first-order valence-corrected chi connectivity index (χ1v) is 22.2. The lowest BCUT2D eigenvalue weighted by Gasteiger charge is -2.46. The fourth-order valence-electron chi connectivity index (χ4n) is 8.44. The number of hydrogen-bond donors (Lipinski definition) is 0. The van der Waals surface area contributed by atoms with E-state index in [1.54, 1.807) is 0 Å². The second-order valence-corrected chi connectivity index (χ2v) is 17.1. The van der Waals surface area contributed by atoms with Crippen molar-refractivity contribution in [2.75, 3.05) is 6.61 Å². The maximum atomic E-state index is 7.43.